The van der Waals surface area contributed by atoms with Gasteiger partial charge in [-0.3, -0.25) is 4.21 Å². The summed E-state index contributed by atoms with van der Waals surface area (Å²) < 4.78 is 11.8. The molecule has 1 unspecified atom stereocenters. The van der Waals surface area contributed by atoms with Gasteiger partial charge >= 0.3 is 0 Å². The Morgan fingerprint density at radius 2 is 1.69 bits per heavy atom. The Labute approximate surface area is 102 Å². The van der Waals surface area contributed by atoms with Crippen LogP contribution in [0, 0.1) is 11.8 Å². The minimum absolute atomic E-state index is 0.0592. The number of nitrogens with one attached hydrogen (secondary N) is 1. The second-order valence-corrected chi connectivity index (χ2v) is 8.64. The van der Waals surface area contributed by atoms with Crippen LogP contribution in [0.25, 0.3) is 0 Å². The first-order chi connectivity index (χ1) is 7.48. The smallest absolute Gasteiger partial charge is 0.0375 e. The molecule has 2 aliphatic rings. The average molecular weight is 243 g/mol. The summed E-state index contributed by atoms with van der Waals surface area (Å²) in [5.41, 5.74) is 0. The highest BCUT2D eigenvalue weighted by molar-refractivity contribution is 7.86. The molecule has 3 heteroatoms. The predicted octanol–water partition coefficient (Wildman–Crippen LogP) is 2.31. The Hall–Kier alpha value is 0.110. The van der Waals surface area contributed by atoms with Crippen molar-refractivity contribution in [2.75, 3.05) is 12.3 Å². The molecule has 0 saturated heterocycles. The van der Waals surface area contributed by atoms with Gasteiger partial charge in [-0.25, -0.2) is 0 Å². The molecule has 0 aromatic heterocycles. The molecular weight excluding hydrogens is 218 g/mol. The molecule has 2 aliphatic carbocycles. The second kappa shape index (κ2) is 4.77. The van der Waals surface area contributed by atoms with E-state index in [0.717, 1.165) is 30.2 Å². The zero-order valence-corrected chi connectivity index (χ0v) is 11.6. The van der Waals surface area contributed by atoms with Gasteiger partial charge in [-0.2, -0.15) is 0 Å². The summed E-state index contributed by atoms with van der Waals surface area (Å²) in [6.45, 7) is 7.11. The van der Waals surface area contributed by atoms with Crippen LogP contribution in [0.4, 0.5) is 0 Å². The molecule has 0 bridgehead atoms. The first kappa shape index (κ1) is 12.6. The van der Waals surface area contributed by atoms with Gasteiger partial charge in [0.1, 0.15) is 0 Å². The van der Waals surface area contributed by atoms with E-state index < -0.39 is 10.8 Å². The number of hydrogen-bond acceptors (Lipinski definition) is 2. The van der Waals surface area contributed by atoms with Crippen LogP contribution >= 0.6 is 0 Å². The Bertz CT molecular complexity index is 252. The summed E-state index contributed by atoms with van der Waals surface area (Å²) in [5, 5.41) is 3.65. The third-order valence-electron chi connectivity index (χ3n) is 3.61. The third kappa shape index (κ3) is 3.56. The molecule has 1 atom stereocenters. The highest BCUT2D eigenvalue weighted by Crippen LogP contribution is 2.44. The zero-order valence-electron chi connectivity index (χ0n) is 10.8. The van der Waals surface area contributed by atoms with E-state index in [2.05, 4.69) is 26.1 Å². The molecule has 2 nitrogen and oxygen atoms in total. The minimum Gasteiger partial charge on any atom is -0.313 e. The van der Waals surface area contributed by atoms with Crippen molar-refractivity contribution in [1.29, 1.82) is 0 Å². The van der Waals surface area contributed by atoms with Crippen LogP contribution in [0.3, 0.4) is 0 Å². The maximum Gasteiger partial charge on any atom is 0.0375 e. The van der Waals surface area contributed by atoms with Gasteiger partial charge in [-0.1, -0.05) is 0 Å². The molecule has 2 rings (SSSR count). The van der Waals surface area contributed by atoms with Gasteiger partial charge in [0.15, 0.2) is 0 Å². The van der Waals surface area contributed by atoms with Crippen molar-refractivity contribution in [3.63, 3.8) is 0 Å². The van der Waals surface area contributed by atoms with E-state index >= 15 is 0 Å². The fourth-order valence-electron chi connectivity index (χ4n) is 2.25. The SMILES string of the molecule is CC(C)(C)S(=O)CCNC(C1CC1)C1CC1. The molecule has 0 aromatic rings. The van der Waals surface area contributed by atoms with E-state index in [0.29, 0.717) is 0 Å². The Morgan fingerprint density at radius 3 is 2.06 bits per heavy atom. The lowest BCUT2D eigenvalue weighted by atomic mass is 10.1. The normalized spacial score (nSPS) is 23.8. The molecule has 0 aliphatic heterocycles. The van der Waals surface area contributed by atoms with E-state index in [4.69, 9.17) is 0 Å². The van der Waals surface area contributed by atoms with Crippen molar-refractivity contribution in [2.45, 2.75) is 57.2 Å². The van der Waals surface area contributed by atoms with E-state index in [1.807, 2.05) is 0 Å². The van der Waals surface area contributed by atoms with Gasteiger partial charge in [-0.05, 0) is 58.3 Å². The summed E-state index contributed by atoms with van der Waals surface area (Å²) in [7, 11) is -0.702. The first-order valence-electron chi connectivity index (χ1n) is 6.60. The highest BCUT2D eigenvalue weighted by Gasteiger charge is 2.40. The van der Waals surface area contributed by atoms with Gasteiger partial charge < -0.3 is 5.32 Å². The average Bonchev–Trinajstić information content (AvgIpc) is 2.99. The second-order valence-electron chi connectivity index (χ2n) is 6.32. The molecule has 16 heavy (non-hydrogen) atoms. The van der Waals surface area contributed by atoms with Crippen molar-refractivity contribution in [1.82, 2.24) is 5.32 Å². The van der Waals surface area contributed by atoms with Crippen LogP contribution in [0.1, 0.15) is 46.5 Å². The summed E-state index contributed by atoms with van der Waals surface area (Å²) >= 11 is 0. The van der Waals surface area contributed by atoms with Crippen LogP contribution in [-0.2, 0) is 10.8 Å². The van der Waals surface area contributed by atoms with Crippen LogP contribution in [0.5, 0.6) is 0 Å². The molecular formula is C13H25NOS. The molecule has 94 valence electrons. The first-order valence-corrected chi connectivity index (χ1v) is 7.92. The van der Waals surface area contributed by atoms with Crippen LogP contribution in [0.15, 0.2) is 0 Å². The summed E-state index contributed by atoms with van der Waals surface area (Å²) in [6.07, 6.45) is 5.65. The highest BCUT2D eigenvalue weighted by atomic mass is 32.2. The van der Waals surface area contributed by atoms with E-state index in [-0.39, 0.29) is 4.75 Å². The lowest BCUT2D eigenvalue weighted by molar-refractivity contribution is 0.428. The molecule has 0 spiro atoms. The maximum atomic E-state index is 11.9. The maximum absolute atomic E-state index is 11.9. The van der Waals surface area contributed by atoms with Crippen molar-refractivity contribution in [2.24, 2.45) is 11.8 Å². The van der Waals surface area contributed by atoms with Crippen LogP contribution in [0.2, 0.25) is 0 Å². The lowest BCUT2D eigenvalue weighted by Gasteiger charge is -2.21. The topological polar surface area (TPSA) is 29.1 Å². The van der Waals surface area contributed by atoms with Gasteiger partial charge in [-0.15, -0.1) is 0 Å². The predicted molar refractivity (Wildman–Crippen MR) is 70.0 cm³/mol. The fourth-order valence-corrected chi connectivity index (χ4v) is 3.17. The summed E-state index contributed by atoms with van der Waals surface area (Å²) in [5.74, 6) is 2.69. The Balaban J connectivity index is 1.68. The van der Waals surface area contributed by atoms with Crippen LogP contribution < -0.4 is 5.32 Å². The van der Waals surface area contributed by atoms with Gasteiger partial charge in [0.2, 0.25) is 0 Å². The van der Waals surface area contributed by atoms with Crippen molar-refractivity contribution >= 4 is 10.8 Å². The monoisotopic (exact) mass is 243 g/mol. The standard InChI is InChI=1S/C13H25NOS/c1-13(2,3)16(15)9-8-14-12(10-4-5-10)11-6-7-11/h10-12,14H,4-9H2,1-3H3. The Kier molecular flexibility index (Phi) is 3.75. The summed E-state index contributed by atoms with van der Waals surface area (Å²) in [6, 6.07) is 0.747. The van der Waals surface area contributed by atoms with E-state index in [1.54, 1.807) is 0 Å². The van der Waals surface area contributed by atoms with E-state index in [9.17, 15) is 4.21 Å². The zero-order chi connectivity index (χ0) is 11.8. The largest absolute Gasteiger partial charge is 0.313 e. The lowest BCUT2D eigenvalue weighted by Crippen LogP contribution is -2.37. The quantitative estimate of drug-likeness (QED) is 0.775. The molecule has 2 fully saturated rings. The molecule has 1 N–H and O–H groups in total. The third-order valence-corrected chi connectivity index (χ3v) is 5.55. The number of hydrogen-bond donors (Lipinski definition) is 1. The minimum atomic E-state index is -0.702. The number of rotatable bonds is 6. The van der Waals surface area contributed by atoms with Crippen LogP contribution in [-0.4, -0.2) is 27.3 Å². The molecule has 2 saturated carbocycles. The Morgan fingerprint density at radius 1 is 1.19 bits per heavy atom. The van der Waals surface area contributed by atoms with Crippen molar-refractivity contribution < 1.29 is 4.21 Å². The summed E-state index contributed by atoms with van der Waals surface area (Å²) in [4.78, 5) is 0. The molecule has 0 aromatic carbocycles. The fraction of sp³-hybridized carbons (Fsp3) is 1.00. The molecule has 0 amide bonds. The van der Waals surface area contributed by atoms with Crippen molar-refractivity contribution in [3.8, 4) is 0 Å². The molecule has 0 heterocycles. The van der Waals surface area contributed by atoms with Gasteiger partial charge in [0.05, 0.1) is 0 Å². The molecule has 0 radical (unpaired) electrons. The van der Waals surface area contributed by atoms with E-state index in [1.165, 1.54) is 25.7 Å². The van der Waals surface area contributed by atoms with Crippen molar-refractivity contribution in [3.05, 3.63) is 0 Å². The van der Waals surface area contributed by atoms with Gasteiger partial charge in [0.25, 0.3) is 0 Å². The van der Waals surface area contributed by atoms with Gasteiger partial charge in [0, 0.05) is 33.9 Å².